The van der Waals surface area contributed by atoms with Gasteiger partial charge in [0.25, 0.3) is 0 Å². The minimum atomic E-state index is -0.118. The van der Waals surface area contributed by atoms with Crippen LogP contribution < -0.4 is 5.32 Å². The van der Waals surface area contributed by atoms with Crippen molar-refractivity contribution >= 4 is 28.6 Å². The van der Waals surface area contributed by atoms with Gasteiger partial charge in [-0.25, -0.2) is 4.98 Å². The van der Waals surface area contributed by atoms with E-state index in [0.29, 0.717) is 12.1 Å². The Balaban J connectivity index is 1.88. The molecular weight excluding hydrogens is 332 g/mol. The number of anilines is 1. The van der Waals surface area contributed by atoms with Crippen LogP contribution in [0.5, 0.6) is 0 Å². The topological polar surface area (TPSA) is 53.6 Å². The summed E-state index contributed by atoms with van der Waals surface area (Å²) in [6.07, 6.45) is 0. The summed E-state index contributed by atoms with van der Waals surface area (Å²) in [5.74, 6) is 0.754. The van der Waals surface area contributed by atoms with Gasteiger partial charge < -0.3 is 9.88 Å². The molecule has 1 heterocycles. The summed E-state index contributed by atoms with van der Waals surface area (Å²) in [6.45, 7) is 7.05. The Kier molecular flexibility index (Phi) is 4.45. The highest BCUT2D eigenvalue weighted by molar-refractivity contribution is 6.31. The number of aromatic nitrogens is 2. The molecule has 0 radical (unpaired) electrons. The second-order valence-electron chi connectivity index (χ2n) is 6.98. The van der Waals surface area contributed by atoms with Crippen LogP contribution in [-0.4, -0.2) is 16.1 Å². The third-order valence-corrected chi connectivity index (χ3v) is 5.06. The second kappa shape index (κ2) is 6.42. The molecule has 25 heavy (non-hydrogen) atoms. The summed E-state index contributed by atoms with van der Waals surface area (Å²) >= 11 is 6.28. The molecule has 2 aromatic carbocycles. The zero-order valence-corrected chi connectivity index (χ0v) is 15.6. The van der Waals surface area contributed by atoms with E-state index in [2.05, 4.69) is 36.3 Å². The van der Waals surface area contributed by atoms with Crippen molar-refractivity contribution < 1.29 is 0 Å². The van der Waals surface area contributed by atoms with Crippen molar-refractivity contribution in [3.05, 3.63) is 58.1 Å². The van der Waals surface area contributed by atoms with E-state index in [0.717, 1.165) is 27.6 Å². The fourth-order valence-corrected chi connectivity index (χ4v) is 3.11. The molecule has 0 aliphatic rings. The van der Waals surface area contributed by atoms with E-state index >= 15 is 0 Å². The van der Waals surface area contributed by atoms with Gasteiger partial charge in [-0.05, 0) is 36.2 Å². The highest BCUT2D eigenvalue weighted by Crippen LogP contribution is 2.28. The second-order valence-corrected chi connectivity index (χ2v) is 7.39. The SMILES string of the molecule is Cc1ccc(C(C)(C)CNc2nc3cccc(C#N)c3n2C)cc1Cl. The number of para-hydroxylation sites is 1. The van der Waals surface area contributed by atoms with Crippen LogP contribution in [0.1, 0.15) is 30.5 Å². The van der Waals surface area contributed by atoms with E-state index in [1.54, 1.807) is 0 Å². The molecule has 4 nitrogen and oxygen atoms in total. The van der Waals surface area contributed by atoms with Crippen molar-refractivity contribution in [3.8, 4) is 6.07 Å². The normalized spacial score (nSPS) is 11.5. The molecule has 3 rings (SSSR count). The van der Waals surface area contributed by atoms with Crippen LogP contribution in [0.4, 0.5) is 5.95 Å². The van der Waals surface area contributed by atoms with Crippen LogP contribution in [0.3, 0.4) is 0 Å². The highest BCUT2D eigenvalue weighted by atomic mass is 35.5. The van der Waals surface area contributed by atoms with Crippen molar-refractivity contribution in [3.63, 3.8) is 0 Å². The summed E-state index contributed by atoms with van der Waals surface area (Å²) in [4.78, 5) is 4.62. The Morgan fingerprint density at radius 3 is 2.72 bits per heavy atom. The van der Waals surface area contributed by atoms with Crippen LogP contribution in [-0.2, 0) is 12.5 Å². The Morgan fingerprint density at radius 1 is 1.28 bits per heavy atom. The lowest BCUT2D eigenvalue weighted by molar-refractivity contribution is 0.554. The largest absolute Gasteiger partial charge is 0.355 e. The molecule has 0 unspecified atom stereocenters. The zero-order chi connectivity index (χ0) is 18.2. The summed E-state index contributed by atoms with van der Waals surface area (Å²) in [5, 5.41) is 13.5. The third-order valence-electron chi connectivity index (χ3n) is 4.66. The van der Waals surface area contributed by atoms with E-state index in [9.17, 15) is 5.26 Å². The summed E-state index contributed by atoms with van der Waals surface area (Å²) < 4.78 is 1.94. The van der Waals surface area contributed by atoms with Gasteiger partial charge >= 0.3 is 0 Å². The van der Waals surface area contributed by atoms with Gasteiger partial charge in [-0.3, -0.25) is 0 Å². The number of nitrogens with one attached hydrogen (secondary N) is 1. The third kappa shape index (κ3) is 3.20. The number of rotatable bonds is 4. The maximum atomic E-state index is 9.30. The maximum Gasteiger partial charge on any atom is 0.203 e. The number of hydrogen-bond donors (Lipinski definition) is 1. The van der Waals surface area contributed by atoms with Crippen LogP contribution in [0.25, 0.3) is 11.0 Å². The van der Waals surface area contributed by atoms with E-state index in [4.69, 9.17) is 11.6 Å². The fraction of sp³-hybridized carbons (Fsp3) is 0.300. The van der Waals surface area contributed by atoms with Gasteiger partial charge in [-0.15, -0.1) is 0 Å². The average Bonchev–Trinajstić information content (AvgIpc) is 2.92. The van der Waals surface area contributed by atoms with Crippen molar-refractivity contribution in [1.82, 2.24) is 9.55 Å². The van der Waals surface area contributed by atoms with Crippen LogP contribution >= 0.6 is 11.6 Å². The minimum absolute atomic E-state index is 0.118. The van der Waals surface area contributed by atoms with E-state index in [1.807, 2.05) is 48.9 Å². The first-order valence-corrected chi connectivity index (χ1v) is 8.57. The Labute approximate surface area is 153 Å². The van der Waals surface area contributed by atoms with Crippen molar-refractivity contribution in [2.24, 2.45) is 7.05 Å². The predicted molar refractivity (Wildman–Crippen MR) is 103 cm³/mol. The Bertz CT molecular complexity index is 979. The number of imidazole rings is 1. The smallest absolute Gasteiger partial charge is 0.203 e. The molecule has 1 aromatic heterocycles. The minimum Gasteiger partial charge on any atom is -0.355 e. The lowest BCUT2D eigenvalue weighted by Crippen LogP contribution is -2.28. The van der Waals surface area contributed by atoms with Crippen LogP contribution in [0.2, 0.25) is 5.02 Å². The number of nitrogens with zero attached hydrogens (tertiary/aromatic N) is 3. The monoisotopic (exact) mass is 352 g/mol. The van der Waals surface area contributed by atoms with Crippen LogP contribution in [0.15, 0.2) is 36.4 Å². The molecule has 0 amide bonds. The molecule has 0 atom stereocenters. The predicted octanol–water partition coefficient (Wildman–Crippen LogP) is 4.80. The number of fused-ring (bicyclic) bond motifs is 1. The number of hydrogen-bond acceptors (Lipinski definition) is 3. The molecule has 5 heteroatoms. The Morgan fingerprint density at radius 2 is 2.04 bits per heavy atom. The Hall–Kier alpha value is -2.51. The van der Waals surface area contributed by atoms with Gasteiger partial charge in [-0.1, -0.05) is 43.6 Å². The molecule has 0 aliphatic carbocycles. The molecule has 128 valence electrons. The van der Waals surface area contributed by atoms with Gasteiger partial charge in [0.15, 0.2) is 0 Å². The quantitative estimate of drug-likeness (QED) is 0.734. The molecule has 0 aliphatic heterocycles. The molecule has 1 N–H and O–H groups in total. The summed E-state index contributed by atoms with van der Waals surface area (Å²) in [5.41, 5.74) is 4.43. The first-order chi connectivity index (χ1) is 11.8. The molecule has 0 bridgehead atoms. The summed E-state index contributed by atoms with van der Waals surface area (Å²) in [7, 11) is 1.92. The molecular formula is C20H21ClN4. The number of nitriles is 1. The van der Waals surface area contributed by atoms with Gasteiger partial charge in [0, 0.05) is 24.0 Å². The van der Waals surface area contributed by atoms with Gasteiger partial charge in [0.2, 0.25) is 5.95 Å². The standard InChI is InChI=1S/C20H21ClN4/c1-13-8-9-15(10-16(13)21)20(2,3)12-23-19-24-17-7-5-6-14(11-22)18(17)25(19)4/h5-10H,12H2,1-4H3,(H,23,24). The number of benzene rings is 2. The fourth-order valence-electron chi connectivity index (χ4n) is 2.93. The van der Waals surface area contributed by atoms with Crippen molar-refractivity contribution in [1.29, 1.82) is 5.26 Å². The molecule has 3 aromatic rings. The van der Waals surface area contributed by atoms with Crippen molar-refractivity contribution in [2.45, 2.75) is 26.2 Å². The molecule has 0 saturated carbocycles. The zero-order valence-electron chi connectivity index (χ0n) is 14.9. The van der Waals surface area contributed by atoms with E-state index in [1.165, 1.54) is 5.56 Å². The molecule has 0 fully saturated rings. The molecule has 0 saturated heterocycles. The van der Waals surface area contributed by atoms with Crippen molar-refractivity contribution in [2.75, 3.05) is 11.9 Å². The first kappa shape index (κ1) is 17.3. The highest BCUT2D eigenvalue weighted by Gasteiger charge is 2.22. The van der Waals surface area contributed by atoms with Gasteiger partial charge in [-0.2, -0.15) is 5.26 Å². The summed E-state index contributed by atoms with van der Waals surface area (Å²) in [6, 6.07) is 14.0. The lowest BCUT2D eigenvalue weighted by atomic mass is 9.84. The lowest BCUT2D eigenvalue weighted by Gasteiger charge is -2.26. The first-order valence-electron chi connectivity index (χ1n) is 8.19. The average molecular weight is 353 g/mol. The molecule has 0 spiro atoms. The van der Waals surface area contributed by atoms with Gasteiger partial charge in [0.1, 0.15) is 6.07 Å². The maximum absolute atomic E-state index is 9.30. The van der Waals surface area contributed by atoms with Crippen LogP contribution in [0, 0.1) is 18.3 Å². The van der Waals surface area contributed by atoms with E-state index in [-0.39, 0.29) is 5.41 Å². The van der Waals surface area contributed by atoms with Gasteiger partial charge in [0.05, 0.1) is 16.6 Å². The van der Waals surface area contributed by atoms with E-state index < -0.39 is 0 Å². The number of aryl methyl sites for hydroxylation is 2. The number of halogens is 1.